The zero-order valence-electron chi connectivity index (χ0n) is 13.1. The molecule has 1 fully saturated rings. The maximum absolute atomic E-state index is 13.3. The Morgan fingerprint density at radius 3 is 2.81 bits per heavy atom. The minimum absolute atomic E-state index is 0.127. The van der Waals surface area contributed by atoms with Crippen LogP contribution < -0.4 is 4.90 Å². The highest BCUT2D eigenvalue weighted by Crippen LogP contribution is 2.12. The molecule has 2 atom stereocenters. The number of nitrogens with one attached hydrogen (secondary N) is 1. The highest BCUT2D eigenvalue weighted by molar-refractivity contribution is 5.78. The smallest absolute Gasteiger partial charge is 0.231 e. The fourth-order valence-electron chi connectivity index (χ4n) is 3.25. The molecule has 21 heavy (non-hydrogen) atoms. The Morgan fingerprint density at radius 1 is 1.38 bits per heavy atom. The maximum atomic E-state index is 13.3. The van der Waals surface area contributed by atoms with Gasteiger partial charge in [0.1, 0.15) is 12.4 Å². The van der Waals surface area contributed by atoms with Crippen LogP contribution in [0.15, 0.2) is 24.3 Å². The number of halogens is 1. The summed E-state index contributed by atoms with van der Waals surface area (Å²) in [4.78, 5) is 15.8. The fourth-order valence-corrected chi connectivity index (χ4v) is 3.25. The van der Waals surface area contributed by atoms with Crippen molar-refractivity contribution in [1.82, 2.24) is 4.90 Å². The van der Waals surface area contributed by atoms with Gasteiger partial charge in [-0.2, -0.15) is 0 Å². The number of likely N-dealkylation sites (tertiary alicyclic amines) is 1. The molecular formula is C17H26FN2O+. The first-order valence-electron chi connectivity index (χ1n) is 8.00. The van der Waals surface area contributed by atoms with Crippen molar-refractivity contribution < 1.29 is 14.1 Å². The SMILES string of the molecule is CCN(CC)C(=O)[C@@H]1CCC[NH+](Cc2cccc(F)c2)C1. The van der Waals surface area contributed by atoms with Crippen LogP contribution in [-0.4, -0.2) is 37.0 Å². The Kier molecular flexibility index (Phi) is 5.74. The van der Waals surface area contributed by atoms with Crippen LogP contribution in [0.25, 0.3) is 0 Å². The molecule has 1 aliphatic rings. The van der Waals surface area contributed by atoms with E-state index in [4.69, 9.17) is 0 Å². The zero-order valence-corrected chi connectivity index (χ0v) is 13.1. The molecule has 4 heteroatoms. The molecule has 3 nitrogen and oxygen atoms in total. The van der Waals surface area contributed by atoms with E-state index >= 15 is 0 Å². The Labute approximate surface area is 126 Å². The lowest BCUT2D eigenvalue weighted by atomic mass is 9.96. The Bertz CT molecular complexity index is 474. The number of rotatable bonds is 5. The second-order valence-corrected chi connectivity index (χ2v) is 5.86. The van der Waals surface area contributed by atoms with E-state index in [9.17, 15) is 9.18 Å². The van der Waals surface area contributed by atoms with Gasteiger partial charge in [-0.15, -0.1) is 0 Å². The molecule has 116 valence electrons. The van der Waals surface area contributed by atoms with Crippen LogP contribution >= 0.6 is 0 Å². The first kappa shape index (κ1) is 16.0. The van der Waals surface area contributed by atoms with Crippen LogP contribution in [0.2, 0.25) is 0 Å². The highest BCUT2D eigenvalue weighted by Gasteiger charge is 2.30. The molecule has 1 unspecified atom stereocenters. The third-order valence-electron chi connectivity index (χ3n) is 4.39. The maximum Gasteiger partial charge on any atom is 0.231 e. The predicted molar refractivity (Wildman–Crippen MR) is 81.5 cm³/mol. The number of benzene rings is 1. The molecule has 0 spiro atoms. The first-order valence-corrected chi connectivity index (χ1v) is 8.00. The average molecular weight is 293 g/mol. The monoisotopic (exact) mass is 293 g/mol. The summed E-state index contributed by atoms with van der Waals surface area (Å²) in [6, 6.07) is 6.79. The number of hydrogen-bond acceptors (Lipinski definition) is 1. The lowest BCUT2D eigenvalue weighted by molar-refractivity contribution is -0.921. The number of nitrogens with zero attached hydrogens (tertiary/aromatic N) is 1. The number of carbonyl (C=O) groups excluding carboxylic acids is 1. The van der Waals surface area contributed by atoms with E-state index in [-0.39, 0.29) is 17.6 Å². The van der Waals surface area contributed by atoms with Crippen molar-refractivity contribution in [2.45, 2.75) is 33.2 Å². The Hall–Kier alpha value is -1.42. The van der Waals surface area contributed by atoms with E-state index in [2.05, 4.69) is 0 Å². The Balaban J connectivity index is 1.96. The summed E-state index contributed by atoms with van der Waals surface area (Å²) >= 11 is 0. The molecule has 1 amide bonds. The second kappa shape index (κ2) is 7.55. The standard InChI is InChI=1S/C17H25FN2O/c1-3-20(4-2)17(21)15-8-6-10-19(13-15)12-14-7-5-9-16(18)11-14/h5,7,9,11,15H,3-4,6,8,10,12-13H2,1-2H3/p+1/t15-/m1/s1. The highest BCUT2D eigenvalue weighted by atomic mass is 19.1. The fraction of sp³-hybridized carbons (Fsp3) is 0.588. The van der Waals surface area contributed by atoms with E-state index < -0.39 is 0 Å². The van der Waals surface area contributed by atoms with Gasteiger partial charge >= 0.3 is 0 Å². The molecule has 1 heterocycles. The summed E-state index contributed by atoms with van der Waals surface area (Å²) in [6.07, 6.45) is 2.06. The van der Waals surface area contributed by atoms with Gasteiger partial charge in [0.05, 0.1) is 19.0 Å². The third kappa shape index (κ3) is 4.27. The van der Waals surface area contributed by atoms with Crippen LogP contribution in [0.5, 0.6) is 0 Å². The lowest BCUT2D eigenvalue weighted by Crippen LogP contribution is -3.12. The molecule has 1 saturated heterocycles. The van der Waals surface area contributed by atoms with Crippen LogP contribution in [0.3, 0.4) is 0 Å². The summed E-state index contributed by atoms with van der Waals surface area (Å²) in [7, 11) is 0. The Morgan fingerprint density at radius 2 is 2.14 bits per heavy atom. The molecule has 0 bridgehead atoms. The molecule has 0 aromatic heterocycles. The molecule has 1 N–H and O–H groups in total. The zero-order chi connectivity index (χ0) is 15.2. The van der Waals surface area contributed by atoms with Crippen molar-refractivity contribution in [2.24, 2.45) is 5.92 Å². The van der Waals surface area contributed by atoms with Crippen LogP contribution in [0.1, 0.15) is 32.3 Å². The van der Waals surface area contributed by atoms with Crippen molar-refractivity contribution in [3.05, 3.63) is 35.6 Å². The summed E-state index contributed by atoms with van der Waals surface area (Å²) in [5, 5.41) is 0. The van der Waals surface area contributed by atoms with E-state index in [1.54, 1.807) is 12.1 Å². The summed E-state index contributed by atoms with van der Waals surface area (Å²) in [5.74, 6) is 0.235. The largest absolute Gasteiger partial charge is 0.343 e. The predicted octanol–water partition coefficient (Wildman–Crippen LogP) is 1.49. The molecule has 2 rings (SSSR count). The van der Waals surface area contributed by atoms with Crippen LogP contribution in [0.4, 0.5) is 4.39 Å². The normalized spacial score (nSPS) is 22.0. The number of amides is 1. The minimum Gasteiger partial charge on any atom is -0.343 e. The van der Waals surface area contributed by atoms with Gasteiger partial charge in [-0.25, -0.2) is 4.39 Å². The number of piperidine rings is 1. The van der Waals surface area contributed by atoms with Crippen LogP contribution in [0, 0.1) is 11.7 Å². The van der Waals surface area contributed by atoms with Gasteiger partial charge in [0.15, 0.2) is 0 Å². The number of carbonyl (C=O) groups is 1. The van der Waals surface area contributed by atoms with Gasteiger partial charge < -0.3 is 9.80 Å². The van der Waals surface area contributed by atoms with Crippen molar-refractivity contribution in [3.8, 4) is 0 Å². The van der Waals surface area contributed by atoms with Crippen molar-refractivity contribution in [2.75, 3.05) is 26.2 Å². The van der Waals surface area contributed by atoms with Gasteiger partial charge in [-0.3, -0.25) is 4.79 Å². The molecule has 0 saturated carbocycles. The van der Waals surface area contributed by atoms with E-state index in [0.29, 0.717) is 0 Å². The molecule has 1 aromatic carbocycles. The van der Waals surface area contributed by atoms with Gasteiger partial charge in [0.25, 0.3) is 0 Å². The molecule has 0 aliphatic carbocycles. The second-order valence-electron chi connectivity index (χ2n) is 5.86. The van der Waals surface area contributed by atoms with Crippen molar-refractivity contribution in [1.29, 1.82) is 0 Å². The molecular weight excluding hydrogens is 267 g/mol. The average Bonchev–Trinajstić information content (AvgIpc) is 2.48. The van der Waals surface area contributed by atoms with Crippen LogP contribution in [-0.2, 0) is 11.3 Å². The quantitative estimate of drug-likeness (QED) is 0.874. The third-order valence-corrected chi connectivity index (χ3v) is 4.39. The minimum atomic E-state index is -0.181. The van der Waals surface area contributed by atoms with Crippen molar-refractivity contribution >= 4 is 5.91 Å². The number of hydrogen-bond donors (Lipinski definition) is 1. The van der Waals surface area contributed by atoms with E-state index in [1.807, 2.05) is 24.8 Å². The van der Waals surface area contributed by atoms with Gasteiger partial charge in [0, 0.05) is 18.7 Å². The summed E-state index contributed by atoms with van der Waals surface area (Å²) in [5.41, 5.74) is 1.01. The lowest BCUT2D eigenvalue weighted by Gasteiger charge is -2.32. The number of quaternary nitrogens is 1. The van der Waals surface area contributed by atoms with E-state index in [0.717, 1.165) is 51.1 Å². The van der Waals surface area contributed by atoms with Gasteiger partial charge in [-0.1, -0.05) is 12.1 Å². The van der Waals surface area contributed by atoms with Crippen molar-refractivity contribution in [3.63, 3.8) is 0 Å². The summed E-state index contributed by atoms with van der Waals surface area (Å²) in [6.45, 7) is 8.36. The van der Waals surface area contributed by atoms with Gasteiger partial charge in [0.2, 0.25) is 5.91 Å². The molecule has 1 aromatic rings. The first-order chi connectivity index (χ1) is 10.1. The molecule has 0 radical (unpaired) electrons. The topological polar surface area (TPSA) is 24.8 Å². The molecule has 1 aliphatic heterocycles. The van der Waals surface area contributed by atoms with E-state index in [1.165, 1.54) is 11.0 Å². The summed E-state index contributed by atoms with van der Waals surface area (Å²) < 4.78 is 13.3. The van der Waals surface area contributed by atoms with Gasteiger partial charge in [-0.05, 0) is 38.8 Å².